The van der Waals surface area contributed by atoms with Gasteiger partial charge in [0, 0.05) is 11.0 Å². The van der Waals surface area contributed by atoms with E-state index in [2.05, 4.69) is 40.2 Å². The molecule has 0 spiro atoms. The Bertz CT molecular complexity index is 437. The fourth-order valence-electron chi connectivity index (χ4n) is 1.44. The number of fused-ring (bicyclic) bond motifs is 1. The molecule has 0 aliphatic rings. The molecule has 0 saturated carbocycles. The molecule has 2 aromatic carbocycles. The molecule has 0 aromatic heterocycles. The lowest BCUT2D eigenvalue weighted by Crippen LogP contribution is -1.95. The van der Waals surface area contributed by atoms with Gasteiger partial charge in [-0.1, -0.05) is 40.2 Å². The normalized spacial score (nSPS) is 10.6. The molecule has 0 radical (unpaired) electrons. The van der Waals surface area contributed by atoms with Crippen molar-refractivity contribution < 1.29 is 0 Å². The number of halogens is 1. The van der Waals surface area contributed by atoms with Gasteiger partial charge in [0.15, 0.2) is 0 Å². The highest BCUT2D eigenvalue weighted by atomic mass is 79.9. The molecule has 0 amide bonds. The SMILES string of the molecule is NCc1cc(Br)c2ccccc2c1. The van der Waals surface area contributed by atoms with Crippen molar-refractivity contribution in [1.82, 2.24) is 0 Å². The molecule has 0 heterocycles. The molecule has 0 bridgehead atoms. The van der Waals surface area contributed by atoms with Crippen molar-refractivity contribution in [2.45, 2.75) is 6.54 Å². The first kappa shape index (κ1) is 8.73. The van der Waals surface area contributed by atoms with Crippen molar-refractivity contribution in [2.75, 3.05) is 0 Å². The van der Waals surface area contributed by atoms with Crippen LogP contribution in [0.25, 0.3) is 10.8 Å². The second-order valence-electron chi connectivity index (χ2n) is 3.00. The zero-order valence-corrected chi connectivity index (χ0v) is 8.71. The Balaban J connectivity index is 2.77. The van der Waals surface area contributed by atoms with Gasteiger partial charge >= 0.3 is 0 Å². The molecule has 66 valence electrons. The van der Waals surface area contributed by atoms with Gasteiger partial charge < -0.3 is 5.73 Å². The molecule has 0 aliphatic carbocycles. The maximum absolute atomic E-state index is 5.59. The third-order valence-corrected chi connectivity index (χ3v) is 2.76. The molecule has 0 aliphatic heterocycles. The van der Waals surface area contributed by atoms with Crippen LogP contribution in [0.1, 0.15) is 5.56 Å². The summed E-state index contributed by atoms with van der Waals surface area (Å²) in [6.45, 7) is 0.587. The predicted octanol–water partition coefficient (Wildman–Crippen LogP) is 3.06. The Morgan fingerprint density at radius 2 is 1.92 bits per heavy atom. The quantitative estimate of drug-likeness (QED) is 0.808. The summed E-state index contributed by atoms with van der Waals surface area (Å²) in [6.07, 6.45) is 0. The van der Waals surface area contributed by atoms with Gasteiger partial charge in [-0.3, -0.25) is 0 Å². The molecule has 2 heteroatoms. The van der Waals surface area contributed by atoms with E-state index >= 15 is 0 Å². The smallest absolute Gasteiger partial charge is 0.0256 e. The van der Waals surface area contributed by atoms with Gasteiger partial charge in [-0.05, 0) is 28.5 Å². The lowest BCUT2D eigenvalue weighted by molar-refractivity contribution is 1.07. The van der Waals surface area contributed by atoms with Gasteiger partial charge in [0.1, 0.15) is 0 Å². The Morgan fingerprint density at radius 3 is 2.69 bits per heavy atom. The highest BCUT2D eigenvalue weighted by Gasteiger charge is 1.99. The van der Waals surface area contributed by atoms with E-state index in [0.717, 1.165) is 10.0 Å². The first-order chi connectivity index (χ1) is 6.31. The fourth-order valence-corrected chi connectivity index (χ4v) is 2.10. The van der Waals surface area contributed by atoms with Crippen LogP contribution in [-0.2, 0) is 6.54 Å². The monoisotopic (exact) mass is 235 g/mol. The summed E-state index contributed by atoms with van der Waals surface area (Å²) >= 11 is 3.53. The van der Waals surface area contributed by atoms with Crippen LogP contribution >= 0.6 is 15.9 Å². The number of hydrogen-bond acceptors (Lipinski definition) is 1. The topological polar surface area (TPSA) is 26.0 Å². The molecule has 0 atom stereocenters. The van der Waals surface area contributed by atoms with Crippen molar-refractivity contribution in [1.29, 1.82) is 0 Å². The zero-order chi connectivity index (χ0) is 9.26. The van der Waals surface area contributed by atoms with Crippen molar-refractivity contribution >= 4 is 26.7 Å². The van der Waals surface area contributed by atoms with E-state index in [0.29, 0.717) is 6.54 Å². The molecule has 0 saturated heterocycles. The molecule has 2 rings (SSSR count). The zero-order valence-electron chi connectivity index (χ0n) is 7.13. The summed E-state index contributed by atoms with van der Waals surface area (Å²) in [5, 5.41) is 2.47. The van der Waals surface area contributed by atoms with E-state index in [-0.39, 0.29) is 0 Å². The van der Waals surface area contributed by atoms with Gasteiger partial charge in [-0.25, -0.2) is 0 Å². The van der Waals surface area contributed by atoms with E-state index in [1.165, 1.54) is 10.8 Å². The van der Waals surface area contributed by atoms with E-state index in [4.69, 9.17) is 5.73 Å². The van der Waals surface area contributed by atoms with Crippen LogP contribution in [0.4, 0.5) is 0 Å². The van der Waals surface area contributed by atoms with Crippen molar-refractivity contribution in [2.24, 2.45) is 5.73 Å². The first-order valence-electron chi connectivity index (χ1n) is 4.18. The van der Waals surface area contributed by atoms with Crippen LogP contribution in [-0.4, -0.2) is 0 Å². The van der Waals surface area contributed by atoms with Gasteiger partial charge in [-0.15, -0.1) is 0 Å². The van der Waals surface area contributed by atoms with Gasteiger partial charge in [0.25, 0.3) is 0 Å². The maximum atomic E-state index is 5.59. The molecule has 0 unspecified atom stereocenters. The summed E-state index contributed by atoms with van der Waals surface area (Å²) in [6, 6.07) is 12.5. The summed E-state index contributed by atoms with van der Waals surface area (Å²) < 4.78 is 1.12. The van der Waals surface area contributed by atoms with Crippen LogP contribution < -0.4 is 5.73 Å². The minimum atomic E-state index is 0.587. The van der Waals surface area contributed by atoms with Crippen LogP contribution in [0.2, 0.25) is 0 Å². The first-order valence-corrected chi connectivity index (χ1v) is 4.98. The minimum absolute atomic E-state index is 0.587. The summed E-state index contributed by atoms with van der Waals surface area (Å²) in [4.78, 5) is 0. The van der Waals surface area contributed by atoms with Crippen molar-refractivity contribution in [3.8, 4) is 0 Å². The van der Waals surface area contributed by atoms with Crippen LogP contribution in [0.15, 0.2) is 40.9 Å². The Labute approximate surface area is 85.7 Å². The van der Waals surface area contributed by atoms with Crippen molar-refractivity contribution in [3.63, 3.8) is 0 Å². The van der Waals surface area contributed by atoms with E-state index < -0.39 is 0 Å². The van der Waals surface area contributed by atoms with Crippen LogP contribution in [0, 0.1) is 0 Å². The average molecular weight is 236 g/mol. The van der Waals surface area contributed by atoms with Gasteiger partial charge in [0.05, 0.1) is 0 Å². The summed E-state index contributed by atoms with van der Waals surface area (Å²) in [5.41, 5.74) is 6.75. The summed E-state index contributed by atoms with van der Waals surface area (Å²) in [5.74, 6) is 0. The molecular formula is C11H10BrN. The third-order valence-electron chi connectivity index (χ3n) is 2.11. The highest BCUT2D eigenvalue weighted by Crippen LogP contribution is 2.25. The Hall–Kier alpha value is -0.860. The molecule has 13 heavy (non-hydrogen) atoms. The second kappa shape index (κ2) is 3.48. The molecule has 1 nitrogen and oxygen atoms in total. The van der Waals surface area contributed by atoms with Gasteiger partial charge in [0.2, 0.25) is 0 Å². The van der Waals surface area contributed by atoms with E-state index in [9.17, 15) is 0 Å². The number of nitrogens with two attached hydrogens (primary N) is 1. The Kier molecular flexibility index (Phi) is 2.34. The van der Waals surface area contributed by atoms with Crippen LogP contribution in [0.5, 0.6) is 0 Å². The lowest BCUT2D eigenvalue weighted by Gasteiger charge is -2.03. The molecule has 0 fully saturated rings. The predicted molar refractivity (Wildman–Crippen MR) is 59.5 cm³/mol. The van der Waals surface area contributed by atoms with Crippen molar-refractivity contribution in [3.05, 3.63) is 46.4 Å². The largest absolute Gasteiger partial charge is 0.326 e. The average Bonchev–Trinajstić information content (AvgIpc) is 2.18. The maximum Gasteiger partial charge on any atom is 0.0256 e. The van der Waals surface area contributed by atoms with E-state index in [1.807, 2.05) is 12.1 Å². The van der Waals surface area contributed by atoms with E-state index in [1.54, 1.807) is 0 Å². The number of rotatable bonds is 1. The highest BCUT2D eigenvalue weighted by molar-refractivity contribution is 9.10. The van der Waals surface area contributed by atoms with Gasteiger partial charge in [-0.2, -0.15) is 0 Å². The number of hydrogen-bond donors (Lipinski definition) is 1. The fraction of sp³-hybridized carbons (Fsp3) is 0.0909. The third kappa shape index (κ3) is 1.60. The minimum Gasteiger partial charge on any atom is -0.326 e. The van der Waals surface area contributed by atoms with Crippen LogP contribution in [0.3, 0.4) is 0 Å². The second-order valence-corrected chi connectivity index (χ2v) is 3.86. The standard InChI is InChI=1S/C11H10BrN/c12-11-6-8(7-13)5-9-3-1-2-4-10(9)11/h1-6H,7,13H2. The molecule has 2 N–H and O–H groups in total. The lowest BCUT2D eigenvalue weighted by atomic mass is 10.1. The molecule has 2 aromatic rings. The molecular weight excluding hydrogens is 226 g/mol. The Morgan fingerprint density at radius 1 is 1.15 bits per heavy atom. The summed E-state index contributed by atoms with van der Waals surface area (Å²) in [7, 11) is 0. The number of benzene rings is 2.